The summed E-state index contributed by atoms with van der Waals surface area (Å²) in [4.78, 5) is 12.3. The summed E-state index contributed by atoms with van der Waals surface area (Å²) in [6, 6.07) is 0. The standard InChI is InChI=1S/C34H59NO4/c1-7-8-9-10-14-28-29-26-16-15-24-21-25(36)17-19-32(24,5)27(26)18-20-33(29,6)30(34(28,35)39-31(37)38)23(4)13-11-12-22(2)3/h15,22-23,25-30,36H,7-14,16-21,35H2,1-6H3,(H,37,38)/t23-,25+,26-,27+,28?,29-,30-,32+,33+,34?/m1/s1. The molecule has 4 rings (SSSR count). The van der Waals surface area contributed by atoms with Crippen molar-refractivity contribution in [3.05, 3.63) is 11.6 Å². The second kappa shape index (κ2) is 12.0. The molecule has 0 aliphatic heterocycles. The molecule has 0 radical (unpaired) electrons. The van der Waals surface area contributed by atoms with Crippen molar-refractivity contribution in [2.24, 2.45) is 58.0 Å². The second-order valence-corrected chi connectivity index (χ2v) is 15.1. The summed E-state index contributed by atoms with van der Waals surface area (Å²) in [7, 11) is 0. The molecule has 3 saturated carbocycles. The van der Waals surface area contributed by atoms with Gasteiger partial charge in [0.2, 0.25) is 0 Å². The fraction of sp³-hybridized carbons (Fsp3) is 0.912. The largest absolute Gasteiger partial charge is 0.507 e. The normalized spacial score (nSPS) is 42.3. The average Bonchev–Trinajstić information content (AvgIpc) is 3.04. The fourth-order valence-corrected chi connectivity index (χ4v) is 10.7. The van der Waals surface area contributed by atoms with Crippen molar-refractivity contribution < 1.29 is 19.7 Å². The number of unbranched alkanes of at least 4 members (excludes halogenated alkanes) is 3. The Kier molecular flexibility index (Phi) is 9.53. The van der Waals surface area contributed by atoms with Gasteiger partial charge in [-0.1, -0.05) is 98.1 Å². The Morgan fingerprint density at radius 1 is 1.10 bits per heavy atom. The average molecular weight is 546 g/mol. The number of aliphatic hydroxyl groups is 1. The summed E-state index contributed by atoms with van der Waals surface area (Å²) in [6.07, 6.45) is 16.1. The number of hydrogen-bond acceptors (Lipinski definition) is 4. The summed E-state index contributed by atoms with van der Waals surface area (Å²) in [5.74, 6) is 2.49. The number of fused-ring (bicyclic) bond motifs is 5. The number of aliphatic hydroxyl groups excluding tert-OH is 1. The maximum Gasteiger partial charge on any atom is 0.507 e. The lowest BCUT2D eigenvalue weighted by Gasteiger charge is -2.58. The van der Waals surface area contributed by atoms with Crippen LogP contribution in [-0.4, -0.2) is 28.2 Å². The molecular formula is C34H59NO4. The lowest BCUT2D eigenvalue weighted by Crippen LogP contribution is -2.56. The van der Waals surface area contributed by atoms with Crippen LogP contribution >= 0.6 is 0 Å². The molecule has 0 amide bonds. The van der Waals surface area contributed by atoms with Crippen molar-refractivity contribution in [2.75, 3.05) is 0 Å². The van der Waals surface area contributed by atoms with Gasteiger partial charge in [0.1, 0.15) is 0 Å². The first-order valence-corrected chi connectivity index (χ1v) is 16.5. The molecule has 0 aromatic heterocycles. The van der Waals surface area contributed by atoms with Crippen molar-refractivity contribution in [2.45, 2.75) is 143 Å². The van der Waals surface area contributed by atoms with Gasteiger partial charge in [-0.25, -0.2) is 4.79 Å². The fourth-order valence-electron chi connectivity index (χ4n) is 10.7. The van der Waals surface area contributed by atoms with E-state index < -0.39 is 11.9 Å². The van der Waals surface area contributed by atoms with Gasteiger partial charge < -0.3 is 14.9 Å². The molecule has 224 valence electrons. The van der Waals surface area contributed by atoms with E-state index in [-0.39, 0.29) is 28.8 Å². The van der Waals surface area contributed by atoms with Gasteiger partial charge in [0.15, 0.2) is 5.72 Å². The first kappa shape index (κ1) is 30.9. The lowest BCUT2D eigenvalue weighted by molar-refractivity contribution is -0.0981. The Morgan fingerprint density at radius 3 is 2.51 bits per heavy atom. The molecule has 4 aliphatic carbocycles. The summed E-state index contributed by atoms with van der Waals surface area (Å²) in [6.45, 7) is 14.0. The Bertz CT molecular complexity index is 886. The molecule has 10 atom stereocenters. The topological polar surface area (TPSA) is 92.8 Å². The van der Waals surface area contributed by atoms with Gasteiger partial charge in [-0.15, -0.1) is 0 Å². The summed E-state index contributed by atoms with van der Waals surface area (Å²) < 4.78 is 5.96. The van der Waals surface area contributed by atoms with Crippen LogP contribution in [0.5, 0.6) is 0 Å². The molecule has 2 unspecified atom stereocenters. The Balaban J connectivity index is 1.74. The highest BCUT2D eigenvalue weighted by Crippen LogP contribution is 2.71. The van der Waals surface area contributed by atoms with Crippen molar-refractivity contribution in [1.82, 2.24) is 0 Å². The van der Waals surface area contributed by atoms with E-state index in [1.807, 2.05) is 0 Å². The van der Waals surface area contributed by atoms with Crippen molar-refractivity contribution in [3.8, 4) is 0 Å². The molecular weight excluding hydrogens is 486 g/mol. The molecule has 4 aliphatic rings. The maximum atomic E-state index is 12.3. The molecule has 0 bridgehead atoms. The maximum absolute atomic E-state index is 12.3. The Labute approximate surface area is 238 Å². The smallest absolute Gasteiger partial charge is 0.450 e. The van der Waals surface area contributed by atoms with Crippen LogP contribution in [-0.2, 0) is 4.74 Å². The summed E-state index contributed by atoms with van der Waals surface area (Å²) in [5.41, 5.74) is 7.83. The molecule has 5 heteroatoms. The van der Waals surface area contributed by atoms with Gasteiger partial charge in [0, 0.05) is 11.8 Å². The Morgan fingerprint density at radius 2 is 1.85 bits per heavy atom. The van der Waals surface area contributed by atoms with E-state index in [2.05, 4.69) is 47.6 Å². The van der Waals surface area contributed by atoms with E-state index in [9.17, 15) is 15.0 Å². The van der Waals surface area contributed by atoms with E-state index in [1.54, 1.807) is 0 Å². The molecule has 0 saturated heterocycles. The first-order valence-electron chi connectivity index (χ1n) is 16.5. The molecule has 0 aromatic rings. The molecule has 4 N–H and O–H groups in total. The highest BCUT2D eigenvalue weighted by molar-refractivity contribution is 5.58. The lowest BCUT2D eigenvalue weighted by atomic mass is 9.46. The molecule has 5 nitrogen and oxygen atoms in total. The highest BCUT2D eigenvalue weighted by atomic mass is 16.7. The zero-order valence-electron chi connectivity index (χ0n) is 25.9. The zero-order valence-corrected chi connectivity index (χ0v) is 25.9. The minimum Gasteiger partial charge on any atom is -0.450 e. The van der Waals surface area contributed by atoms with Crippen LogP contribution in [0.1, 0.15) is 131 Å². The van der Waals surface area contributed by atoms with Crippen molar-refractivity contribution in [3.63, 3.8) is 0 Å². The van der Waals surface area contributed by atoms with Crippen LogP contribution in [0.2, 0.25) is 0 Å². The minimum absolute atomic E-state index is 0.0294. The minimum atomic E-state index is -1.21. The zero-order chi connectivity index (χ0) is 28.6. The van der Waals surface area contributed by atoms with Gasteiger partial charge in [0.25, 0.3) is 0 Å². The van der Waals surface area contributed by atoms with Crippen LogP contribution in [0.15, 0.2) is 11.6 Å². The molecule has 0 spiro atoms. The van der Waals surface area contributed by atoms with Crippen LogP contribution < -0.4 is 5.73 Å². The number of ether oxygens (including phenoxy) is 1. The van der Waals surface area contributed by atoms with Crippen LogP contribution in [0.4, 0.5) is 4.79 Å². The summed E-state index contributed by atoms with van der Waals surface area (Å²) >= 11 is 0. The molecule has 39 heavy (non-hydrogen) atoms. The number of nitrogens with two attached hydrogens (primary N) is 1. The van der Waals surface area contributed by atoms with Crippen LogP contribution in [0.25, 0.3) is 0 Å². The van der Waals surface area contributed by atoms with Crippen LogP contribution in [0, 0.1) is 52.3 Å². The van der Waals surface area contributed by atoms with E-state index in [0.717, 1.165) is 57.8 Å². The number of hydrogen-bond donors (Lipinski definition) is 3. The first-order chi connectivity index (χ1) is 18.4. The van der Waals surface area contributed by atoms with Crippen molar-refractivity contribution in [1.29, 1.82) is 0 Å². The quantitative estimate of drug-likeness (QED) is 0.105. The molecule has 0 heterocycles. The van der Waals surface area contributed by atoms with Crippen LogP contribution in [0.3, 0.4) is 0 Å². The predicted octanol–water partition coefficient (Wildman–Crippen LogP) is 8.54. The number of carboxylic acid groups (broad SMARTS) is 1. The monoisotopic (exact) mass is 545 g/mol. The van der Waals surface area contributed by atoms with Gasteiger partial charge in [-0.3, -0.25) is 5.73 Å². The van der Waals surface area contributed by atoms with E-state index in [1.165, 1.54) is 37.7 Å². The van der Waals surface area contributed by atoms with Gasteiger partial charge in [-0.2, -0.15) is 0 Å². The van der Waals surface area contributed by atoms with Crippen molar-refractivity contribution >= 4 is 6.16 Å². The number of rotatable bonds is 11. The second-order valence-electron chi connectivity index (χ2n) is 15.1. The third kappa shape index (κ3) is 5.70. The van der Waals surface area contributed by atoms with E-state index in [4.69, 9.17) is 10.5 Å². The number of carbonyl (C=O) groups is 1. The third-order valence-electron chi connectivity index (χ3n) is 12.2. The van der Waals surface area contributed by atoms with Gasteiger partial charge >= 0.3 is 6.16 Å². The Hall–Kier alpha value is -1.07. The van der Waals surface area contributed by atoms with Gasteiger partial charge in [-0.05, 0) is 85.4 Å². The highest BCUT2D eigenvalue weighted by Gasteiger charge is 2.71. The summed E-state index contributed by atoms with van der Waals surface area (Å²) in [5, 5.41) is 20.5. The molecule has 0 aromatic carbocycles. The number of allylic oxidation sites excluding steroid dienone is 1. The van der Waals surface area contributed by atoms with Gasteiger partial charge in [0.05, 0.1) is 6.10 Å². The third-order valence-corrected chi connectivity index (χ3v) is 12.2. The predicted molar refractivity (Wildman–Crippen MR) is 158 cm³/mol. The molecule has 3 fully saturated rings. The van der Waals surface area contributed by atoms with E-state index >= 15 is 0 Å². The van der Waals surface area contributed by atoms with E-state index in [0.29, 0.717) is 29.6 Å². The SMILES string of the molecule is CCCCCCC1[C@H]2[C@@H]3CC=C4C[C@@H](O)CC[C@]4(C)[C@H]3CC[C@]2(C)[C@@H]([C@H](C)CCCC(C)C)C1(N)OC(=O)O.